The van der Waals surface area contributed by atoms with Crippen molar-refractivity contribution in [3.05, 3.63) is 85.3 Å². The Morgan fingerprint density at radius 1 is 0.730 bits per heavy atom. The summed E-state index contributed by atoms with van der Waals surface area (Å²) in [5.74, 6) is 1.74. The van der Waals surface area contributed by atoms with E-state index in [0.717, 1.165) is 82.4 Å². The van der Waals surface area contributed by atoms with Gasteiger partial charge in [-0.05, 0) is 154 Å². The third kappa shape index (κ3) is 47.4. The number of hydrogen-bond acceptors (Lipinski definition) is 13. The predicted octanol–water partition coefficient (Wildman–Crippen LogP) is 17.5. The van der Waals surface area contributed by atoms with E-state index in [1.54, 1.807) is 44.7 Å². The van der Waals surface area contributed by atoms with Crippen LogP contribution in [0, 0.1) is 0 Å². The molecule has 0 aromatic carbocycles. The minimum Gasteiger partial charge on any atom is -0.494 e. The van der Waals surface area contributed by atoms with Crippen molar-refractivity contribution >= 4 is 39.1 Å². The number of allylic oxidation sites excluding steroid dienone is 12. The van der Waals surface area contributed by atoms with Gasteiger partial charge in [0.05, 0.1) is 43.8 Å². The SMILES string of the molecule is C=C\C(=C/C=C/C(C)=N/NC(O)CCSSCCCC(=O)N1C[C@H](O)C[C@H]1CO)OCCCC(=O)NCCCCCCN(C)CCC1COC(CCCCCCCC/C=C\C/C=C\CCCCC)(CCCCCCCCCC/C=C\C/C=C\CCCCC)O1. The Bertz CT molecular complexity index is 1950. The van der Waals surface area contributed by atoms with Gasteiger partial charge >= 0.3 is 0 Å². The molecular formula is C74H131N5O8S2. The Kier molecular flexibility index (Phi) is 54.0. The molecule has 2 aliphatic rings. The Labute approximate surface area is 552 Å². The highest BCUT2D eigenvalue weighted by Crippen LogP contribution is 2.36. The maximum Gasteiger partial charge on any atom is 0.223 e. The lowest BCUT2D eigenvalue weighted by atomic mass is 9.98. The molecule has 5 atom stereocenters. The number of nitrogens with zero attached hydrogens (tertiary/aromatic N) is 3. The standard InChI is InChI=1S/C74H131N5O8S2/c1-6-9-11-13-15-17-19-21-23-25-26-28-30-32-34-36-38-42-55-74(54-41-37-35-33-31-29-27-24-22-20-18-16-14-12-10-7-2)86-65-70(87-74)52-58-78(5)57-44-40-39-43-56-75-71(82)50-46-59-85-69(8-3)49-45-48-66(4)76-77-72(83)53-61-89-88-60-47-51-73(84)79-63-68(81)62-67(79)64-80/h8,15-18,21-24,45,48-49,67-68,70,72,77,80-81,83H,3,6-7,9-14,19-20,25-44,46-47,50-65H2,1-2,4-5H3,(H,75,82)/b17-15-,18-16-,23-21-,24-22-,48-45+,69-49+,76-66+/t67-,68+,70?,72?,74?/m0/s1. The van der Waals surface area contributed by atoms with Crippen molar-refractivity contribution in [3.63, 3.8) is 0 Å². The lowest BCUT2D eigenvalue weighted by Crippen LogP contribution is -2.37. The summed E-state index contributed by atoms with van der Waals surface area (Å²) in [5.41, 5.74) is 3.47. The molecule has 0 aromatic heterocycles. The minimum atomic E-state index is -0.785. The van der Waals surface area contributed by atoms with E-state index in [-0.39, 0.29) is 30.6 Å². The van der Waals surface area contributed by atoms with Crippen LogP contribution in [0.3, 0.4) is 0 Å². The van der Waals surface area contributed by atoms with Gasteiger partial charge in [0, 0.05) is 63.2 Å². The molecule has 5 N–H and O–H groups in total. The highest BCUT2D eigenvalue weighted by Gasteiger charge is 2.40. The van der Waals surface area contributed by atoms with Gasteiger partial charge in [-0.2, -0.15) is 5.10 Å². The maximum absolute atomic E-state index is 12.6. The number of rotatable bonds is 61. The fourth-order valence-corrected chi connectivity index (χ4v) is 13.3. The molecule has 512 valence electrons. The van der Waals surface area contributed by atoms with Gasteiger partial charge in [0.1, 0.15) is 12.0 Å². The summed E-state index contributed by atoms with van der Waals surface area (Å²) in [4.78, 5) is 29.1. The van der Waals surface area contributed by atoms with Gasteiger partial charge in [0.15, 0.2) is 5.79 Å². The number of ether oxygens (including phenoxy) is 3. The summed E-state index contributed by atoms with van der Waals surface area (Å²) in [7, 11) is 5.54. The molecule has 2 saturated heterocycles. The number of hydrazone groups is 1. The van der Waals surface area contributed by atoms with Crippen LogP contribution in [0.25, 0.3) is 0 Å². The van der Waals surface area contributed by atoms with Gasteiger partial charge < -0.3 is 44.6 Å². The normalized spacial score (nSPS) is 18.8. The molecule has 0 bridgehead atoms. The van der Waals surface area contributed by atoms with E-state index in [4.69, 9.17) is 14.2 Å². The number of unbranched alkanes of at least 4 members (excludes halogenated alkanes) is 23. The number of amides is 2. The molecule has 13 nitrogen and oxygen atoms in total. The summed E-state index contributed by atoms with van der Waals surface area (Å²) < 4.78 is 19.4. The van der Waals surface area contributed by atoms with Crippen LogP contribution in [-0.4, -0.2) is 137 Å². The van der Waals surface area contributed by atoms with Crippen LogP contribution < -0.4 is 10.7 Å². The Balaban J connectivity index is 1.58. The van der Waals surface area contributed by atoms with E-state index >= 15 is 0 Å². The van der Waals surface area contributed by atoms with E-state index < -0.39 is 18.1 Å². The molecule has 2 fully saturated rings. The predicted molar refractivity (Wildman–Crippen MR) is 381 cm³/mol. The lowest BCUT2D eigenvalue weighted by molar-refractivity contribution is -0.180. The number of carbonyl (C=O) groups is 2. The first-order valence-electron chi connectivity index (χ1n) is 35.9. The molecule has 0 aliphatic carbocycles. The van der Waals surface area contributed by atoms with Gasteiger partial charge in [-0.25, -0.2) is 0 Å². The molecule has 3 unspecified atom stereocenters. The lowest BCUT2D eigenvalue weighted by Gasteiger charge is -2.29. The topological polar surface area (TPSA) is 165 Å². The van der Waals surface area contributed by atoms with Crippen LogP contribution >= 0.6 is 21.6 Å². The highest BCUT2D eigenvalue weighted by atomic mass is 33.1. The molecule has 2 heterocycles. The van der Waals surface area contributed by atoms with Crippen LogP contribution in [-0.2, 0) is 23.8 Å². The second kappa shape index (κ2) is 58.7. The third-order valence-electron chi connectivity index (χ3n) is 16.7. The van der Waals surface area contributed by atoms with Crippen LogP contribution in [0.4, 0.5) is 0 Å². The number of aliphatic hydroxyl groups excluding tert-OH is 3. The summed E-state index contributed by atoms with van der Waals surface area (Å²) in [6.07, 6.45) is 68.3. The first-order chi connectivity index (χ1) is 43.5. The van der Waals surface area contributed by atoms with Crippen LogP contribution in [0.5, 0.6) is 0 Å². The van der Waals surface area contributed by atoms with Gasteiger partial charge in [-0.3, -0.25) is 15.0 Å². The Morgan fingerprint density at radius 2 is 1.29 bits per heavy atom. The van der Waals surface area contributed by atoms with Crippen molar-refractivity contribution in [1.29, 1.82) is 0 Å². The second-order valence-corrected chi connectivity index (χ2v) is 27.7. The van der Waals surface area contributed by atoms with Gasteiger partial charge in [-0.1, -0.05) is 199 Å². The maximum atomic E-state index is 12.6. The number of carbonyl (C=O) groups excluding carboxylic acids is 2. The second-order valence-electron chi connectivity index (χ2n) is 25.0. The van der Waals surface area contributed by atoms with Crippen molar-refractivity contribution in [3.8, 4) is 0 Å². The number of aliphatic hydroxyl groups is 3. The quantitative estimate of drug-likeness (QED) is 0.00573. The molecule has 89 heavy (non-hydrogen) atoms. The number of nitrogens with one attached hydrogen (secondary N) is 2. The van der Waals surface area contributed by atoms with Crippen molar-refractivity contribution < 1.29 is 39.1 Å². The number of β-amino-alcohol motifs (C(OH)–C–C–N with tert-alkyl or cyclic N) is 1. The third-order valence-corrected chi connectivity index (χ3v) is 19.2. The Morgan fingerprint density at radius 3 is 1.89 bits per heavy atom. The molecule has 15 heteroatoms. The smallest absolute Gasteiger partial charge is 0.223 e. The minimum absolute atomic E-state index is 0.0229. The van der Waals surface area contributed by atoms with Gasteiger partial charge in [0.25, 0.3) is 0 Å². The first kappa shape index (κ1) is 81.9. The van der Waals surface area contributed by atoms with Crippen LogP contribution in [0.1, 0.15) is 271 Å². The largest absolute Gasteiger partial charge is 0.494 e. The fraction of sp³-hybridized carbons (Fsp3) is 0.770. The zero-order valence-electron chi connectivity index (χ0n) is 56.9. The number of likely N-dealkylation sites (tertiary alicyclic amines) is 1. The monoisotopic (exact) mass is 1280 g/mol. The van der Waals surface area contributed by atoms with Crippen LogP contribution in [0.15, 0.2) is 90.4 Å². The van der Waals surface area contributed by atoms with Crippen molar-refractivity contribution in [2.45, 2.75) is 301 Å². The highest BCUT2D eigenvalue weighted by molar-refractivity contribution is 8.76. The zero-order valence-corrected chi connectivity index (χ0v) is 58.6. The molecule has 2 aliphatic heterocycles. The molecule has 2 amide bonds. The van der Waals surface area contributed by atoms with Crippen molar-refractivity contribution in [2.75, 3.05) is 64.6 Å². The van der Waals surface area contributed by atoms with Gasteiger partial charge in [0.2, 0.25) is 11.8 Å². The summed E-state index contributed by atoms with van der Waals surface area (Å²) >= 11 is 0. The van der Waals surface area contributed by atoms with E-state index in [9.17, 15) is 24.9 Å². The Hall–Kier alpha value is -3.15. The van der Waals surface area contributed by atoms with Crippen molar-refractivity contribution in [2.24, 2.45) is 5.10 Å². The van der Waals surface area contributed by atoms with Gasteiger partial charge in [-0.15, -0.1) is 0 Å². The van der Waals surface area contributed by atoms with E-state index in [1.807, 2.05) is 13.0 Å². The number of hydrogen-bond donors (Lipinski definition) is 5. The van der Waals surface area contributed by atoms with Crippen LogP contribution in [0.2, 0.25) is 0 Å². The molecule has 0 saturated carbocycles. The first-order valence-corrected chi connectivity index (χ1v) is 38.3. The van der Waals surface area contributed by atoms with E-state index in [0.29, 0.717) is 76.3 Å². The average Bonchev–Trinajstić information content (AvgIpc) is 3.30. The molecule has 0 radical (unpaired) electrons. The summed E-state index contributed by atoms with van der Waals surface area (Å²) in [6, 6.07) is -0.281. The zero-order chi connectivity index (χ0) is 64.4. The molecule has 2 rings (SSSR count). The van der Waals surface area contributed by atoms with Crippen molar-refractivity contribution in [1.82, 2.24) is 20.5 Å². The fourth-order valence-electron chi connectivity index (χ4n) is 11.1. The summed E-state index contributed by atoms with van der Waals surface area (Å²) in [6.45, 7) is 14.3. The molecular weight excluding hydrogens is 1150 g/mol. The molecule has 0 spiro atoms. The van der Waals surface area contributed by atoms with E-state index in [2.05, 4.69) is 96.8 Å². The molecule has 0 aromatic rings. The van der Waals surface area contributed by atoms with E-state index in [1.165, 1.54) is 154 Å². The summed E-state index contributed by atoms with van der Waals surface area (Å²) in [5, 5.41) is 36.9. The average molecular weight is 1280 g/mol.